The lowest BCUT2D eigenvalue weighted by atomic mass is 10.1. The van der Waals surface area contributed by atoms with Gasteiger partial charge in [0, 0.05) is 11.1 Å². The van der Waals surface area contributed by atoms with Gasteiger partial charge in [-0.3, -0.25) is 4.79 Å². The average Bonchev–Trinajstić information content (AvgIpc) is 2.55. The lowest BCUT2D eigenvalue weighted by molar-refractivity contribution is 0.0998. The number of hydrogen-bond acceptors (Lipinski definition) is 2. The normalized spacial score (nSPS) is 9.57. The van der Waals surface area contributed by atoms with Crippen molar-refractivity contribution in [2.24, 2.45) is 0 Å². The van der Waals surface area contributed by atoms with Crippen LogP contribution < -0.4 is 4.74 Å². The van der Waals surface area contributed by atoms with E-state index < -0.39 is 0 Å². The topological polar surface area (TPSA) is 26.3 Å². The van der Waals surface area contributed by atoms with Crippen molar-refractivity contribution in [2.75, 3.05) is 6.61 Å². The predicted molar refractivity (Wildman–Crippen MR) is 84.5 cm³/mol. The van der Waals surface area contributed by atoms with Gasteiger partial charge in [0.1, 0.15) is 5.75 Å². The van der Waals surface area contributed by atoms with E-state index in [1.807, 2.05) is 54.6 Å². The Bertz CT molecular complexity index is 631. The fourth-order valence-electron chi connectivity index (χ4n) is 1.81. The average molecular weight is 278 g/mol. The first-order valence-corrected chi connectivity index (χ1v) is 7.09. The molecule has 2 aromatic rings. The highest BCUT2D eigenvalue weighted by molar-refractivity contribution is 5.97. The van der Waals surface area contributed by atoms with Crippen molar-refractivity contribution in [1.29, 1.82) is 0 Å². The van der Waals surface area contributed by atoms with E-state index in [0.29, 0.717) is 5.56 Å². The van der Waals surface area contributed by atoms with Gasteiger partial charge in [-0.15, -0.1) is 0 Å². The molecule has 0 bridgehead atoms. The van der Waals surface area contributed by atoms with E-state index in [0.717, 1.165) is 24.3 Å². The number of ketones is 1. The van der Waals surface area contributed by atoms with Gasteiger partial charge in [0.05, 0.1) is 13.0 Å². The highest BCUT2D eigenvalue weighted by atomic mass is 16.5. The maximum Gasteiger partial charge on any atom is 0.174 e. The summed E-state index contributed by atoms with van der Waals surface area (Å²) in [7, 11) is 0. The zero-order valence-corrected chi connectivity index (χ0v) is 12.1. The summed E-state index contributed by atoms with van der Waals surface area (Å²) in [5.74, 6) is 6.82. The van der Waals surface area contributed by atoms with Crippen LogP contribution in [0.15, 0.2) is 54.6 Å². The van der Waals surface area contributed by atoms with E-state index in [9.17, 15) is 4.79 Å². The smallest absolute Gasteiger partial charge is 0.174 e. The maximum absolute atomic E-state index is 11.9. The van der Waals surface area contributed by atoms with Crippen LogP contribution in [0, 0.1) is 11.8 Å². The van der Waals surface area contributed by atoms with Gasteiger partial charge in [-0.25, -0.2) is 0 Å². The van der Waals surface area contributed by atoms with Crippen molar-refractivity contribution in [3.05, 3.63) is 65.7 Å². The molecule has 2 nitrogen and oxygen atoms in total. The highest BCUT2D eigenvalue weighted by Gasteiger charge is 2.01. The van der Waals surface area contributed by atoms with Gasteiger partial charge in [-0.05, 0) is 30.7 Å². The summed E-state index contributed by atoms with van der Waals surface area (Å²) in [4.78, 5) is 11.9. The molecule has 2 aromatic carbocycles. The second kappa shape index (κ2) is 7.91. The summed E-state index contributed by atoms with van der Waals surface area (Å²) in [6.45, 7) is 2.79. The number of Topliss-reactive ketones (excluding diaryl/α,β-unsaturated/α-hetero) is 1. The summed E-state index contributed by atoms with van der Waals surface area (Å²) < 4.78 is 5.51. The van der Waals surface area contributed by atoms with Gasteiger partial charge in [-0.1, -0.05) is 49.1 Å². The fraction of sp³-hybridized carbons (Fsp3) is 0.211. The van der Waals surface area contributed by atoms with Gasteiger partial charge in [0.15, 0.2) is 5.78 Å². The van der Waals surface area contributed by atoms with Crippen LogP contribution in [-0.2, 0) is 0 Å². The highest BCUT2D eigenvalue weighted by Crippen LogP contribution is 2.11. The summed E-state index contributed by atoms with van der Waals surface area (Å²) in [5.41, 5.74) is 1.59. The molecule has 0 heterocycles. The van der Waals surface area contributed by atoms with E-state index in [4.69, 9.17) is 4.74 Å². The largest absolute Gasteiger partial charge is 0.494 e. The van der Waals surface area contributed by atoms with Crippen molar-refractivity contribution < 1.29 is 9.53 Å². The number of benzene rings is 2. The minimum absolute atomic E-state index is 0.0472. The van der Waals surface area contributed by atoms with Crippen LogP contribution in [-0.4, -0.2) is 12.4 Å². The van der Waals surface area contributed by atoms with Gasteiger partial charge in [0.25, 0.3) is 0 Å². The van der Waals surface area contributed by atoms with Gasteiger partial charge in [-0.2, -0.15) is 0 Å². The van der Waals surface area contributed by atoms with E-state index in [-0.39, 0.29) is 12.2 Å². The van der Waals surface area contributed by atoms with Crippen LogP contribution in [0.3, 0.4) is 0 Å². The molecule has 0 N–H and O–H groups in total. The van der Waals surface area contributed by atoms with Crippen molar-refractivity contribution in [3.8, 4) is 17.6 Å². The third-order valence-corrected chi connectivity index (χ3v) is 2.90. The Labute approximate surface area is 125 Å². The molecule has 2 rings (SSSR count). The molecule has 0 aliphatic carbocycles. The molecule has 0 radical (unpaired) electrons. The Hall–Kier alpha value is -2.53. The van der Waals surface area contributed by atoms with Crippen LogP contribution in [0.2, 0.25) is 0 Å². The summed E-state index contributed by atoms with van der Waals surface area (Å²) >= 11 is 0. The number of carbonyl (C=O) groups excluding carboxylic acids is 1. The van der Waals surface area contributed by atoms with E-state index in [1.165, 1.54) is 0 Å². The molecule has 0 aliphatic heterocycles. The molecule has 21 heavy (non-hydrogen) atoms. The van der Waals surface area contributed by atoms with Crippen LogP contribution in [0.1, 0.15) is 35.7 Å². The Morgan fingerprint density at radius 2 is 1.76 bits per heavy atom. The number of carbonyl (C=O) groups is 1. The van der Waals surface area contributed by atoms with Crippen molar-refractivity contribution in [2.45, 2.75) is 19.8 Å². The lowest BCUT2D eigenvalue weighted by Gasteiger charge is -2.03. The fourth-order valence-corrected chi connectivity index (χ4v) is 1.81. The predicted octanol–water partition coefficient (Wildman–Crippen LogP) is 4.10. The van der Waals surface area contributed by atoms with E-state index >= 15 is 0 Å². The third kappa shape index (κ3) is 4.81. The second-order valence-electron chi connectivity index (χ2n) is 4.64. The zero-order valence-electron chi connectivity index (χ0n) is 12.1. The monoisotopic (exact) mass is 278 g/mol. The van der Waals surface area contributed by atoms with Gasteiger partial charge < -0.3 is 4.74 Å². The molecule has 0 saturated heterocycles. The Morgan fingerprint density at radius 1 is 1.05 bits per heavy atom. The number of hydrogen-bond donors (Lipinski definition) is 0. The molecule has 0 fully saturated rings. The standard InChI is InChI=1S/C19H18O2/c1-2-15-21-18-13-11-16(12-14-18)7-6-10-19(20)17-8-4-3-5-9-17/h3-5,8-9,11-14H,2,10,15H2,1H3. The van der Waals surface area contributed by atoms with Crippen molar-refractivity contribution in [1.82, 2.24) is 0 Å². The summed E-state index contributed by atoms with van der Waals surface area (Å²) in [6.07, 6.45) is 1.22. The molecule has 106 valence electrons. The van der Waals surface area contributed by atoms with Crippen molar-refractivity contribution >= 4 is 5.78 Å². The molecule has 0 atom stereocenters. The Kier molecular flexibility index (Phi) is 5.60. The number of rotatable bonds is 5. The van der Waals surface area contributed by atoms with Crippen LogP contribution in [0.4, 0.5) is 0 Å². The Morgan fingerprint density at radius 3 is 2.43 bits per heavy atom. The SMILES string of the molecule is CCCOc1ccc(C#CCC(=O)c2ccccc2)cc1. The summed E-state index contributed by atoms with van der Waals surface area (Å²) in [6, 6.07) is 16.8. The first-order chi connectivity index (χ1) is 10.3. The minimum atomic E-state index is 0.0472. The minimum Gasteiger partial charge on any atom is -0.494 e. The van der Waals surface area contributed by atoms with Crippen LogP contribution >= 0.6 is 0 Å². The first-order valence-electron chi connectivity index (χ1n) is 7.09. The molecule has 0 spiro atoms. The number of ether oxygens (including phenoxy) is 1. The second-order valence-corrected chi connectivity index (χ2v) is 4.64. The third-order valence-electron chi connectivity index (χ3n) is 2.90. The van der Waals surface area contributed by atoms with Gasteiger partial charge >= 0.3 is 0 Å². The molecule has 0 aliphatic rings. The molecule has 0 saturated carbocycles. The van der Waals surface area contributed by atoms with E-state index in [2.05, 4.69) is 18.8 Å². The first kappa shape index (κ1) is 14.9. The molecular formula is C19H18O2. The lowest BCUT2D eigenvalue weighted by Crippen LogP contribution is -1.96. The van der Waals surface area contributed by atoms with E-state index in [1.54, 1.807) is 0 Å². The molecule has 0 aromatic heterocycles. The zero-order chi connectivity index (χ0) is 14.9. The van der Waals surface area contributed by atoms with Crippen molar-refractivity contribution in [3.63, 3.8) is 0 Å². The quantitative estimate of drug-likeness (QED) is 0.608. The molecular weight excluding hydrogens is 260 g/mol. The summed E-state index contributed by atoms with van der Waals surface area (Å²) in [5, 5.41) is 0. The van der Waals surface area contributed by atoms with Crippen LogP contribution in [0.5, 0.6) is 5.75 Å². The maximum atomic E-state index is 11.9. The molecule has 0 amide bonds. The van der Waals surface area contributed by atoms with Gasteiger partial charge in [0.2, 0.25) is 0 Å². The van der Waals surface area contributed by atoms with Crippen LogP contribution in [0.25, 0.3) is 0 Å². The molecule has 0 unspecified atom stereocenters. The molecule has 2 heteroatoms. The Balaban J connectivity index is 1.92.